The third-order valence-electron chi connectivity index (χ3n) is 5.68. The van der Waals surface area contributed by atoms with E-state index in [1.54, 1.807) is 28.4 Å². The van der Waals surface area contributed by atoms with Gasteiger partial charge in [0.1, 0.15) is 0 Å². The summed E-state index contributed by atoms with van der Waals surface area (Å²) in [5, 5.41) is 10.8. The van der Waals surface area contributed by atoms with Crippen LogP contribution in [0.2, 0.25) is 0 Å². The van der Waals surface area contributed by atoms with Crippen molar-refractivity contribution in [3.63, 3.8) is 0 Å². The smallest absolute Gasteiger partial charge is 0.165 e. The Morgan fingerprint density at radius 2 is 1.56 bits per heavy atom. The van der Waals surface area contributed by atoms with Gasteiger partial charge >= 0.3 is 0 Å². The van der Waals surface area contributed by atoms with E-state index >= 15 is 0 Å². The monoisotopic (exact) mass is 371 g/mol. The van der Waals surface area contributed by atoms with Gasteiger partial charge in [0.05, 0.1) is 34.5 Å². The molecule has 144 valence electrons. The summed E-state index contributed by atoms with van der Waals surface area (Å²) in [4.78, 5) is 2.29. The van der Waals surface area contributed by atoms with E-state index < -0.39 is 6.10 Å². The third kappa shape index (κ3) is 2.80. The number of rotatable bonds is 4. The highest BCUT2D eigenvalue weighted by atomic mass is 16.5. The number of fused-ring (bicyclic) bond motifs is 4. The molecule has 2 aromatic carbocycles. The Labute approximate surface area is 159 Å². The fourth-order valence-corrected chi connectivity index (χ4v) is 4.35. The predicted octanol–water partition coefficient (Wildman–Crippen LogP) is 2.87. The first kappa shape index (κ1) is 17.9. The highest BCUT2D eigenvalue weighted by molar-refractivity contribution is 5.55. The van der Waals surface area contributed by atoms with Crippen LogP contribution in [0, 0.1) is 0 Å². The number of methoxy groups -OCH3 is 4. The van der Waals surface area contributed by atoms with Gasteiger partial charge in [0.2, 0.25) is 0 Å². The van der Waals surface area contributed by atoms with Crippen LogP contribution in [-0.4, -0.2) is 45.0 Å². The van der Waals surface area contributed by atoms with Crippen LogP contribution in [0.3, 0.4) is 0 Å². The lowest BCUT2D eigenvalue weighted by Gasteiger charge is -2.43. The lowest BCUT2D eigenvalue weighted by Crippen LogP contribution is -2.41. The van der Waals surface area contributed by atoms with E-state index in [-0.39, 0.29) is 6.04 Å². The Bertz CT molecular complexity index is 866. The lowest BCUT2D eigenvalue weighted by atomic mass is 9.82. The first-order valence-electron chi connectivity index (χ1n) is 9.01. The Morgan fingerprint density at radius 1 is 0.889 bits per heavy atom. The van der Waals surface area contributed by atoms with Crippen molar-refractivity contribution < 1.29 is 24.1 Å². The molecule has 2 atom stereocenters. The van der Waals surface area contributed by atoms with Crippen molar-refractivity contribution in [2.24, 2.45) is 0 Å². The average molecular weight is 371 g/mol. The molecule has 0 fully saturated rings. The number of benzene rings is 2. The standard InChI is InChI=1S/C21H25NO5/c1-24-18-6-5-12-7-16-13-8-19(25-2)20(26-3)9-14(13)17(23)11-22(16)10-15(12)21(18)27-4/h5-6,8-9,16-17,23H,7,10-11H2,1-4H3/t16-,17?/m0/s1. The maximum absolute atomic E-state index is 10.8. The number of hydrogen-bond donors (Lipinski definition) is 1. The average Bonchev–Trinajstić information content (AvgIpc) is 2.70. The number of aliphatic hydroxyl groups excluding tert-OH is 1. The Balaban J connectivity index is 1.80. The van der Waals surface area contributed by atoms with E-state index in [0.717, 1.165) is 34.6 Å². The fourth-order valence-electron chi connectivity index (χ4n) is 4.35. The Kier molecular flexibility index (Phi) is 4.61. The van der Waals surface area contributed by atoms with Crippen molar-refractivity contribution in [2.45, 2.75) is 25.1 Å². The van der Waals surface area contributed by atoms with Crippen molar-refractivity contribution in [2.75, 3.05) is 35.0 Å². The van der Waals surface area contributed by atoms with E-state index in [1.807, 2.05) is 18.2 Å². The zero-order valence-electron chi connectivity index (χ0n) is 16.1. The van der Waals surface area contributed by atoms with Crippen LogP contribution in [0.15, 0.2) is 24.3 Å². The first-order valence-corrected chi connectivity index (χ1v) is 9.01. The Hall–Kier alpha value is -2.44. The van der Waals surface area contributed by atoms with Gasteiger partial charge < -0.3 is 24.1 Å². The number of hydrogen-bond acceptors (Lipinski definition) is 6. The van der Waals surface area contributed by atoms with E-state index in [4.69, 9.17) is 18.9 Å². The molecule has 0 aliphatic carbocycles. The van der Waals surface area contributed by atoms with Crippen LogP contribution < -0.4 is 18.9 Å². The third-order valence-corrected chi connectivity index (χ3v) is 5.68. The first-order chi connectivity index (χ1) is 13.1. The van der Waals surface area contributed by atoms with Crippen LogP contribution in [0.25, 0.3) is 0 Å². The van der Waals surface area contributed by atoms with Gasteiger partial charge in [0, 0.05) is 24.7 Å². The fraction of sp³-hybridized carbons (Fsp3) is 0.429. The van der Waals surface area contributed by atoms with Crippen LogP contribution in [0.1, 0.15) is 34.4 Å². The summed E-state index contributed by atoms with van der Waals surface area (Å²) in [6.07, 6.45) is 0.263. The van der Waals surface area contributed by atoms with Gasteiger partial charge in [-0.15, -0.1) is 0 Å². The van der Waals surface area contributed by atoms with E-state index in [1.165, 1.54) is 5.56 Å². The molecular formula is C21H25NO5. The van der Waals surface area contributed by atoms with Crippen molar-refractivity contribution in [3.8, 4) is 23.0 Å². The molecule has 0 amide bonds. The van der Waals surface area contributed by atoms with E-state index in [0.29, 0.717) is 24.6 Å². The lowest BCUT2D eigenvalue weighted by molar-refractivity contribution is 0.0537. The van der Waals surface area contributed by atoms with Crippen LogP contribution >= 0.6 is 0 Å². The molecule has 0 saturated carbocycles. The molecule has 0 radical (unpaired) electrons. The number of ether oxygens (including phenoxy) is 4. The molecule has 6 heteroatoms. The van der Waals surface area contributed by atoms with Crippen molar-refractivity contribution in [1.29, 1.82) is 0 Å². The molecule has 2 aliphatic heterocycles. The van der Waals surface area contributed by atoms with Gasteiger partial charge in [-0.05, 0) is 41.3 Å². The summed E-state index contributed by atoms with van der Waals surface area (Å²) in [6.45, 7) is 1.26. The van der Waals surface area contributed by atoms with Gasteiger partial charge in [-0.2, -0.15) is 0 Å². The van der Waals surface area contributed by atoms with Gasteiger partial charge in [0.25, 0.3) is 0 Å². The molecule has 1 N–H and O–H groups in total. The van der Waals surface area contributed by atoms with Gasteiger partial charge in [-0.3, -0.25) is 4.90 Å². The molecule has 1 unspecified atom stereocenters. The minimum Gasteiger partial charge on any atom is -0.493 e. The largest absolute Gasteiger partial charge is 0.493 e. The highest BCUT2D eigenvalue weighted by Gasteiger charge is 2.38. The van der Waals surface area contributed by atoms with Crippen molar-refractivity contribution >= 4 is 0 Å². The summed E-state index contributed by atoms with van der Waals surface area (Å²) in [5.41, 5.74) is 4.37. The number of aliphatic hydroxyl groups is 1. The van der Waals surface area contributed by atoms with Gasteiger partial charge in [0.15, 0.2) is 23.0 Å². The quantitative estimate of drug-likeness (QED) is 0.892. The second kappa shape index (κ2) is 6.94. The van der Waals surface area contributed by atoms with Crippen LogP contribution in [0.5, 0.6) is 23.0 Å². The van der Waals surface area contributed by atoms with Crippen LogP contribution in [0.4, 0.5) is 0 Å². The van der Waals surface area contributed by atoms with Crippen molar-refractivity contribution in [3.05, 3.63) is 46.5 Å². The molecule has 0 saturated heterocycles. The minimum atomic E-state index is -0.575. The zero-order chi connectivity index (χ0) is 19.1. The minimum absolute atomic E-state index is 0.175. The van der Waals surface area contributed by atoms with E-state index in [9.17, 15) is 5.11 Å². The molecule has 2 aromatic rings. The second-order valence-electron chi connectivity index (χ2n) is 6.94. The summed E-state index contributed by atoms with van der Waals surface area (Å²) in [7, 11) is 6.56. The second-order valence-corrected chi connectivity index (χ2v) is 6.94. The summed E-state index contributed by atoms with van der Waals surface area (Å²) >= 11 is 0. The van der Waals surface area contributed by atoms with E-state index in [2.05, 4.69) is 11.0 Å². The highest BCUT2D eigenvalue weighted by Crippen LogP contribution is 2.47. The zero-order valence-corrected chi connectivity index (χ0v) is 16.1. The van der Waals surface area contributed by atoms with Gasteiger partial charge in [-0.1, -0.05) is 6.07 Å². The molecular weight excluding hydrogens is 346 g/mol. The molecule has 6 nitrogen and oxygen atoms in total. The van der Waals surface area contributed by atoms with Gasteiger partial charge in [-0.25, -0.2) is 0 Å². The Morgan fingerprint density at radius 3 is 2.19 bits per heavy atom. The molecule has 0 bridgehead atoms. The van der Waals surface area contributed by atoms with Crippen LogP contribution in [-0.2, 0) is 13.0 Å². The molecule has 0 spiro atoms. The SMILES string of the molecule is COc1cc2c(cc1OC)[C@@H]1Cc3ccc(OC)c(OC)c3CN1CC2O. The number of nitrogens with zero attached hydrogens (tertiary/aromatic N) is 1. The van der Waals surface area contributed by atoms with Crippen molar-refractivity contribution in [1.82, 2.24) is 4.90 Å². The summed E-state index contributed by atoms with van der Waals surface area (Å²) < 4.78 is 22.0. The molecule has 27 heavy (non-hydrogen) atoms. The molecule has 4 rings (SSSR count). The normalized spacial score (nSPS) is 20.9. The maximum atomic E-state index is 10.8. The molecule has 2 aliphatic rings. The summed E-state index contributed by atoms with van der Waals surface area (Å²) in [5.74, 6) is 2.84. The summed E-state index contributed by atoms with van der Waals surface area (Å²) in [6, 6.07) is 8.15. The molecule has 0 aromatic heterocycles. The maximum Gasteiger partial charge on any atom is 0.165 e. The topological polar surface area (TPSA) is 60.4 Å². The predicted molar refractivity (Wildman–Crippen MR) is 101 cm³/mol. The molecule has 2 heterocycles.